The van der Waals surface area contributed by atoms with Crippen molar-refractivity contribution in [3.05, 3.63) is 12.2 Å². The molecule has 0 N–H and O–H groups in total. The molecule has 0 aromatic carbocycles. The molecule has 0 bridgehead atoms. The molecule has 0 aliphatic heterocycles. The van der Waals surface area contributed by atoms with Crippen molar-refractivity contribution in [2.45, 2.75) is 26.2 Å². The Bertz CT molecular complexity index is 403. The SMILES string of the molecule is C=C(C)C(=O)OC(OS(=O)(=O)OC)C(C)N(C)C. The first-order valence-electron chi connectivity index (χ1n) is 5.12. The molecule has 0 spiro atoms. The summed E-state index contributed by atoms with van der Waals surface area (Å²) < 4.78 is 36.1. The van der Waals surface area contributed by atoms with Crippen LogP contribution in [0.5, 0.6) is 0 Å². The van der Waals surface area contributed by atoms with Crippen molar-refractivity contribution >= 4 is 16.4 Å². The van der Waals surface area contributed by atoms with Crippen LogP contribution in [0.4, 0.5) is 0 Å². The predicted molar refractivity (Wildman–Crippen MR) is 64.9 cm³/mol. The van der Waals surface area contributed by atoms with E-state index < -0.39 is 28.7 Å². The third-order valence-corrected chi connectivity index (χ3v) is 3.03. The second kappa shape index (κ2) is 6.83. The summed E-state index contributed by atoms with van der Waals surface area (Å²) in [4.78, 5) is 13.0. The molecule has 0 amide bonds. The third kappa shape index (κ3) is 5.58. The number of esters is 1. The number of hydrogen-bond acceptors (Lipinski definition) is 7. The van der Waals surface area contributed by atoms with E-state index in [0.717, 1.165) is 7.11 Å². The van der Waals surface area contributed by atoms with E-state index in [2.05, 4.69) is 14.9 Å². The van der Waals surface area contributed by atoms with Gasteiger partial charge in [0.2, 0.25) is 6.29 Å². The molecule has 0 rings (SSSR count). The van der Waals surface area contributed by atoms with Crippen LogP contribution in [0.15, 0.2) is 12.2 Å². The topological polar surface area (TPSA) is 82.1 Å². The second-order valence-corrected chi connectivity index (χ2v) is 5.27. The highest BCUT2D eigenvalue weighted by Gasteiger charge is 2.30. The number of ether oxygens (including phenoxy) is 1. The molecule has 0 radical (unpaired) electrons. The van der Waals surface area contributed by atoms with E-state index in [-0.39, 0.29) is 5.57 Å². The Morgan fingerprint density at radius 3 is 2.17 bits per heavy atom. The summed E-state index contributed by atoms with van der Waals surface area (Å²) in [6.07, 6.45) is -1.31. The van der Waals surface area contributed by atoms with E-state index in [0.29, 0.717) is 0 Å². The van der Waals surface area contributed by atoms with Gasteiger partial charge in [0, 0.05) is 5.57 Å². The van der Waals surface area contributed by atoms with Gasteiger partial charge in [-0.2, -0.15) is 8.42 Å². The highest BCUT2D eigenvalue weighted by molar-refractivity contribution is 7.81. The molecule has 8 heteroatoms. The van der Waals surface area contributed by atoms with Crippen molar-refractivity contribution in [3.63, 3.8) is 0 Å². The minimum absolute atomic E-state index is 0.143. The Kier molecular flexibility index (Phi) is 6.47. The maximum absolute atomic E-state index is 11.4. The van der Waals surface area contributed by atoms with Crippen LogP contribution >= 0.6 is 0 Å². The van der Waals surface area contributed by atoms with Crippen LogP contribution < -0.4 is 0 Å². The zero-order chi connectivity index (χ0) is 14.5. The van der Waals surface area contributed by atoms with Gasteiger partial charge < -0.3 is 9.64 Å². The van der Waals surface area contributed by atoms with Crippen molar-refractivity contribution in [2.24, 2.45) is 0 Å². The fraction of sp³-hybridized carbons (Fsp3) is 0.700. The number of nitrogens with zero attached hydrogens (tertiary/aromatic N) is 1. The normalized spacial score (nSPS) is 15.2. The van der Waals surface area contributed by atoms with Gasteiger partial charge in [0.05, 0.1) is 13.2 Å². The van der Waals surface area contributed by atoms with Crippen LogP contribution in [0.2, 0.25) is 0 Å². The minimum Gasteiger partial charge on any atom is -0.429 e. The van der Waals surface area contributed by atoms with Gasteiger partial charge in [-0.1, -0.05) is 6.58 Å². The van der Waals surface area contributed by atoms with E-state index in [1.807, 2.05) is 0 Å². The lowest BCUT2D eigenvalue weighted by Gasteiger charge is -2.27. The number of carbonyl (C=O) groups is 1. The summed E-state index contributed by atoms with van der Waals surface area (Å²) in [5.41, 5.74) is 0.143. The van der Waals surface area contributed by atoms with Gasteiger partial charge in [-0.15, -0.1) is 0 Å². The Balaban J connectivity index is 4.95. The lowest BCUT2D eigenvalue weighted by atomic mass is 10.3. The Morgan fingerprint density at radius 2 is 1.83 bits per heavy atom. The van der Waals surface area contributed by atoms with Gasteiger partial charge in [-0.05, 0) is 27.9 Å². The van der Waals surface area contributed by atoms with Crippen LogP contribution in [0, 0.1) is 0 Å². The van der Waals surface area contributed by atoms with Crippen molar-refractivity contribution in [2.75, 3.05) is 21.2 Å². The van der Waals surface area contributed by atoms with Crippen LogP contribution in [-0.2, 0) is 28.3 Å². The van der Waals surface area contributed by atoms with E-state index in [4.69, 9.17) is 4.74 Å². The van der Waals surface area contributed by atoms with Crippen molar-refractivity contribution in [1.29, 1.82) is 0 Å². The molecule has 0 heterocycles. The maximum atomic E-state index is 11.4. The van der Waals surface area contributed by atoms with Gasteiger partial charge in [-0.25, -0.2) is 8.98 Å². The average molecular weight is 281 g/mol. The number of likely N-dealkylation sites (N-methyl/N-ethyl adjacent to an activating group) is 1. The highest BCUT2D eigenvalue weighted by Crippen LogP contribution is 2.12. The molecule has 2 unspecified atom stereocenters. The standard InChI is InChI=1S/C10H19NO6S/c1-7(2)9(12)16-10(8(3)11(4)5)17-18(13,14)15-6/h8,10H,1H2,2-6H3. The molecule has 106 valence electrons. The highest BCUT2D eigenvalue weighted by atomic mass is 32.3. The summed E-state index contributed by atoms with van der Waals surface area (Å²) >= 11 is 0. The quantitative estimate of drug-likeness (QED) is 0.377. The monoisotopic (exact) mass is 281 g/mol. The Hall–Kier alpha value is -0.960. The Morgan fingerprint density at radius 1 is 1.33 bits per heavy atom. The summed E-state index contributed by atoms with van der Waals surface area (Å²) in [5, 5.41) is 0. The van der Waals surface area contributed by atoms with Gasteiger partial charge in [-0.3, -0.25) is 4.18 Å². The fourth-order valence-corrected chi connectivity index (χ4v) is 1.31. The molecule has 0 aromatic rings. The Labute approximate surface area is 108 Å². The molecule has 0 saturated carbocycles. The molecular formula is C10H19NO6S. The van der Waals surface area contributed by atoms with Crippen molar-refractivity contribution in [1.82, 2.24) is 4.90 Å². The maximum Gasteiger partial charge on any atom is 0.402 e. The minimum atomic E-state index is -4.20. The van der Waals surface area contributed by atoms with Crippen molar-refractivity contribution in [3.8, 4) is 0 Å². The molecule has 0 fully saturated rings. The van der Waals surface area contributed by atoms with Gasteiger partial charge in [0.15, 0.2) is 0 Å². The number of rotatable bonds is 7. The molecule has 0 aliphatic rings. The lowest BCUT2D eigenvalue weighted by molar-refractivity contribution is -0.166. The molecular weight excluding hydrogens is 262 g/mol. The van der Waals surface area contributed by atoms with E-state index in [1.54, 1.807) is 25.9 Å². The summed E-state index contributed by atoms with van der Waals surface area (Å²) in [5.74, 6) is -0.736. The molecule has 2 atom stereocenters. The molecule has 7 nitrogen and oxygen atoms in total. The first-order chi connectivity index (χ1) is 8.10. The number of hydrogen-bond donors (Lipinski definition) is 0. The van der Waals surface area contributed by atoms with Crippen LogP contribution in [-0.4, -0.2) is 52.8 Å². The second-order valence-electron chi connectivity index (χ2n) is 3.93. The predicted octanol–water partition coefficient (Wildman–Crippen LogP) is 0.290. The molecule has 0 saturated heterocycles. The first kappa shape index (κ1) is 17.0. The largest absolute Gasteiger partial charge is 0.429 e. The zero-order valence-electron chi connectivity index (χ0n) is 11.2. The number of carbonyl (C=O) groups excluding carboxylic acids is 1. The summed E-state index contributed by atoms with van der Waals surface area (Å²) in [6, 6.07) is -0.488. The van der Waals surface area contributed by atoms with Gasteiger partial charge >= 0.3 is 16.4 Å². The molecule has 0 aromatic heterocycles. The molecule has 0 aliphatic carbocycles. The lowest BCUT2D eigenvalue weighted by Crippen LogP contribution is -2.42. The van der Waals surface area contributed by atoms with Crippen LogP contribution in [0.3, 0.4) is 0 Å². The molecule has 18 heavy (non-hydrogen) atoms. The third-order valence-electron chi connectivity index (χ3n) is 2.20. The average Bonchev–Trinajstić information content (AvgIpc) is 2.26. The summed E-state index contributed by atoms with van der Waals surface area (Å²) in [7, 11) is 0.129. The van der Waals surface area contributed by atoms with Crippen LogP contribution in [0.1, 0.15) is 13.8 Å². The fourth-order valence-electron chi connectivity index (χ4n) is 0.803. The van der Waals surface area contributed by atoms with Gasteiger partial charge in [0.25, 0.3) is 0 Å². The van der Waals surface area contributed by atoms with Crippen molar-refractivity contribution < 1.29 is 26.3 Å². The van der Waals surface area contributed by atoms with E-state index in [9.17, 15) is 13.2 Å². The summed E-state index contributed by atoms with van der Waals surface area (Å²) in [6.45, 7) is 6.49. The van der Waals surface area contributed by atoms with Crippen LogP contribution in [0.25, 0.3) is 0 Å². The van der Waals surface area contributed by atoms with E-state index >= 15 is 0 Å². The van der Waals surface area contributed by atoms with E-state index in [1.165, 1.54) is 6.92 Å². The zero-order valence-corrected chi connectivity index (χ0v) is 12.0. The van der Waals surface area contributed by atoms with Gasteiger partial charge in [0.1, 0.15) is 0 Å². The smallest absolute Gasteiger partial charge is 0.402 e. The first-order valence-corrected chi connectivity index (χ1v) is 6.45.